The first-order valence-electron chi connectivity index (χ1n) is 7.35. The van der Waals surface area contributed by atoms with E-state index in [4.69, 9.17) is 0 Å². The molecule has 0 aliphatic heterocycles. The van der Waals surface area contributed by atoms with Gasteiger partial charge in [0.1, 0.15) is 11.5 Å². The first-order valence-corrected chi connectivity index (χ1v) is 8.83. The summed E-state index contributed by atoms with van der Waals surface area (Å²) in [6, 6.07) is 6.79. The topological polar surface area (TPSA) is 55.4 Å². The third-order valence-electron chi connectivity index (χ3n) is 3.31. The Balaban J connectivity index is 1.99. The van der Waals surface area contributed by atoms with Crippen LogP contribution in [0, 0.1) is 17.5 Å². The van der Waals surface area contributed by atoms with E-state index in [9.17, 15) is 34.8 Å². The number of alkyl halides is 3. The molecule has 0 unspecified atom stereocenters. The van der Waals surface area contributed by atoms with Crippen molar-refractivity contribution in [2.45, 2.75) is 24.2 Å². The van der Waals surface area contributed by atoms with Crippen molar-refractivity contribution in [3.05, 3.63) is 65.0 Å². The predicted molar refractivity (Wildman–Crippen MR) is 82.5 cm³/mol. The summed E-state index contributed by atoms with van der Waals surface area (Å²) in [5.41, 5.74) is 0.832. The zero-order chi connectivity index (χ0) is 20.2. The number of hydrogen-bond donors (Lipinski definition) is 1. The summed E-state index contributed by atoms with van der Waals surface area (Å²) in [5.74, 6) is -5.25. The quantitative estimate of drug-likeness (QED) is 0.557. The Labute approximate surface area is 150 Å². The molecular weight excluding hydrogens is 400 g/mol. The van der Waals surface area contributed by atoms with Crippen LogP contribution in [0.15, 0.2) is 41.3 Å². The molecule has 2 aromatic carbocycles. The van der Waals surface area contributed by atoms with Crippen LogP contribution in [-0.2, 0) is 27.9 Å². The second-order valence-electron chi connectivity index (χ2n) is 5.42. The van der Waals surface area contributed by atoms with Gasteiger partial charge in [0.2, 0.25) is 10.0 Å². The Kier molecular flexibility index (Phi) is 6.50. The molecule has 27 heavy (non-hydrogen) atoms. The van der Waals surface area contributed by atoms with E-state index in [-0.39, 0.29) is 13.2 Å². The normalized spacial score (nSPS) is 12.4. The number of hydrogen-bond acceptors (Lipinski definition) is 3. The van der Waals surface area contributed by atoms with E-state index in [1.165, 1.54) is 24.3 Å². The van der Waals surface area contributed by atoms with Crippen LogP contribution in [-0.4, -0.2) is 21.2 Å². The Morgan fingerprint density at radius 3 is 2.07 bits per heavy atom. The molecule has 0 amide bonds. The van der Waals surface area contributed by atoms with E-state index in [0.717, 1.165) is 0 Å². The molecule has 0 bridgehead atoms. The Morgan fingerprint density at radius 2 is 1.48 bits per heavy atom. The second-order valence-corrected chi connectivity index (χ2v) is 7.16. The number of ether oxygens (including phenoxy) is 1. The van der Waals surface area contributed by atoms with Crippen molar-refractivity contribution in [1.82, 2.24) is 4.72 Å². The molecule has 0 atom stereocenters. The number of sulfonamides is 1. The predicted octanol–water partition coefficient (Wildman–Crippen LogP) is 3.66. The van der Waals surface area contributed by atoms with E-state index in [0.29, 0.717) is 23.3 Å². The number of benzene rings is 2. The summed E-state index contributed by atoms with van der Waals surface area (Å²) >= 11 is 0. The molecule has 0 saturated heterocycles. The number of rotatable bonds is 7. The van der Waals surface area contributed by atoms with Crippen molar-refractivity contribution in [2.75, 3.05) is 6.61 Å². The number of nitrogens with one attached hydrogen (secondary N) is 1. The van der Waals surface area contributed by atoms with Gasteiger partial charge >= 0.3 is 6.18 Å². The molecular formula is C16H13F6NO3S. The van der Waals surface area contributed by atoms with E-state index in [2.05, 4.69) is 4.74 Å². The minimum absolute atomic E-state index is 0.286. The van der Waals surface area contributed by atoms with Gasteiger partial charge in [0.05, 0.1) is 6.61 Å². The zero-order valence-electron chi connectivity index (χ0n) is 13.5. The van der Waals surface area contributed by atoms with Gasteiger partial charge in [0.25, 0.3) is 0 Å². The fourth-order valence-corrected chi connectivity index (χ4v) is 3.09. The molecule has 2 rings (SSSR count). The van der Waals surface area contributed by atoms with Gasteiger partial charge in [-0.05, 0) is 23.3 Å². The Morgan fingerprint density at radius 1 is 0.889 bits per heavy atom. The summed E-state index contributed by atoms with van der Waals surface area (Å²) in [6.07, 6.45) is -4.44. The van der Waals surface area contributed by atoms with Gasteiger partial charge in [-0.15, -0.1) is 0 Å². The summed E-state index contributed by atoms with van der Waals surface area (Å²) in [5, 5.41) is 0. The van der Waals surface area contributed by atoms with Crippen molar-refractivity contribution in [1.29, 1.82) is 0 Å². The standard InChI is InChI=1S/C16H13F6NO3S/c17-12-5-6-13(15(19)14(12)18)27(24,25)23-7-10-1-3-11(4-2-10)8-26-9-16(20,21)22/h1-6,23H,7-9H2. The van der Waals surface area contributed by atoms with Gasteiger partial charge in [0.15, 0.2) is 17.5 Å². The lowest BCUT2D eigenvalue weighted by Gasteiger charge is -2.10. The lowest BCUT2D eigenvalue weighted by atomic mass is 10.1. The van der Waals surface area contributed by atoms with Crippen LogP contribution < -0.4 is 4.72 Å². The van der Waals surface area contributed by atoms with Crippen molar-refractivity contribution in [3.63, 3.8) is 0 Å². The summed E-state index contributed by atoms with van der Waals surface area (Å²) in [6.45, 7) is -1.98. The van der Waals surface area contributed by atoms with Gasteiger partial charge < -0.3 is 4.74 Å². The molecule has 0 aromatic heterocycles. The van der Waals surface area contributed by atoms with Crippen molar-refractivity contribution < 1.29 is 39.5 Å². The van der Waals surface area contributed by atoms with E-state index in [1.807, 2.05) is 4.72 Å². The molecule has 0 aliphatic rings. The SMILES string of the molecule is O=S(=O)(NCc1ccc(COCC(F)(F)F)cc1)c1ccc(F)c(F)c1F. The summed E-state index contributed by atoms with van der Waals surface area (Å²) < 4.78 is 106. The fraction of sp³-hybridized carbons (Fsp3) is 0.250. The van der Waals surface area contributed by atoms with Gasteiger partial charge in [-0.3, -0.25) is 0 Å². The molecule has 0 fully saturated rings. The van der Waals surface area contributed by atoms with Gasteiger partial charge in [-0.2, -0.15) is 13.2 Å². The molecule has 4 nitrogen and oxygen atoms in total. The first-order chi connectivity index (χ1) is 12.5. The van der Waals surface area contributed by atoms with Gasteiger partial charge in [0, 0.05) is 6.54 Å². The highest BCUT2D eigenvalue weighted by molar-refractivity contribution is 7.89. The molecule has 0 aliphatic carbocycles. The molecule has 0 heterocycles. The molecule has 0 saturated carbocycles. The van der Waals surface area contributed by atoms with Crippen LogP contribution >= 0.6 is 0 Å². The molecule has 1 N–H and O–H groups in total. The first kappa shape index (κ1) is 21.2. The Bertz CT molecular complexity index is 898. The van der Waals surface area contributed by atoms with Crippen molar-refractivity contribution in [3.8, 4) is 0 Å². The lowest BCUT2D eigenvalue weighted by Crippen LogP contribution is -2.24. The summed E-state index contributed by atoms with van der Waals surface area (Å²) in [4.78, 5) is -1.04. The highest BCUT2D eigenvalue weighted by Gasteiger charge is 2.27. The van der Waals surface area contributed by atoms with E-state index >= 15 is 0 Å². The molecule has 2 aromatic rings. The van der Waals surface area contributed by atoms with Crippen molar-refractivity contribution in [2.24, 2.45) is 0 Å². The smallest absolute Gasteiger partial charge is 0.367 e. The average Bonchev–Trinajstić information content (AvgIpc) is 2.58. The van der Waals surface area contributed by atoms with E-state index < -0.39 is 45.2 Å². The molecule has 0 radical (unpaired) electrons. The molecule has 11 heteroatoms. The third kappa shape index (κ3) is 5.94. The monoisotopic (exact) mass is 413 g/mol. The maximum atomic E-state index is 13.6. The van der Waals surface area contributed by atoms with Crippen LogP contribution in [0.25, 0.3) is 0 Å². The maximum absolute atomic E-state index is 13.6. The third-order valence-corrected chi connectivity index (χ3v) is 4.73. The van der Waals surface area contributed by atoms with Crippen LogP contribution in [0.5, 0.6) is 0 Å². The second kappa shape index (κ2) is 8.28. The minimum Gasteiger partial charge on any atom is -0.367 e. The van der Waals surface area contributed by atoms with Crippen LogP contribution in [0.4, 0.5) is 26.3 Å². The summed E-state index contributed by atoms with van der Waals surface area (Å²) in [7, 11) is -4.45. The highest BCUT2D eigenvalue weighted by Crippen LogP contribution is 2.20. The van der Waals surface area contributed by atoms with Crippen LogP contribution in [0.2, 0.25) is 0 Å². The fourth-order valence-electron chi connectivity index (χ4n) is 2.01. The largest absolute Gasteiger partial charge is 0.411 e. The van der Waals surface area contributed by atoms with Gasteiger partial charge in [-0.1, -0.05) is 24.3 Å². The van der Waals surface area contributed by atoms with Crippen molar-refractivity contribution >= 4 is 10.0 Å². The molecule has 148 valence electrons. The highest BCUT2D eigenvalue weighted by atomic mass is 32.2. The zero-order valence-corrected chi connectivity index (χ0v) is 14.3. The van der Waals surface area contributed by atoms with Gasteiger partial charge in [-0.25, -0.2) is 26.3 Å². The minimum atomic E-state index is -4.45. The Hall–Kier alpha value is -2.11. The molecule has 0 spiro atoms. The lowest BCUT2D eigenvalue weighted by molar-refractivity contribution is -0.176. The van der Waals surface area contributed by atoms with Crippen LogP contribution in [0.3, 0.4) is 0 Å². The van der Waals surface area contributed by atoms with E-state index in [1.54, 1.807) is 0 Å². The maximum Gasteiger partial charge on any atom is 0.411 e. The number of halogens is 6. The average molecular weight is 413 g/mol. The van der Waals surface area contributed by atoms with Crippen LogP contribution in [0.1, 0.15) is 11.1 Å².